The maximum absolute atomic E-state index is 10.5. The average molecular weight is 273 g/mol. The largest absolute Gasteiger partial charge is 0.391 e. The highest BCUT2D eigenvalue weighted by Gasteiger charge is 2.36. The zero-order valence-corrected chi connectivity index (χ0v) is 12.0. The molecule has 1 saturated heterocycles. The zero-order valence-electron chi connectivity index (χ0n) is 11.2. The van der Waals surface area contributed by atoms with Crippen LogP contribution in [-0.2, 0) is 6.42 Å². The third-order valence-electron chi connectivity index (χ3n) is 4.01. The molecule has 1 aromatic carbocycles. The lowest BCUT2D eigenvalue weighted by molar-refractivity contribution is 0.132. The van der Waals surface area contributed by atoms with Crippen molar-refractivity contribution in [3.05, 3.63) is 42.1 Å². The first-order valence-corrected chi connectivity index (χ1v) is 7.83. The van der Waals surface area contributed by atoms with Crippen LogP contribution in [0.2, 0.25) is 0 Å². The number of thioether (sulfide) groups is 1. The smallest absolute Gasteiger partial charge is 0.0739 e. The van der Waals surface area contributed by atoms with Crippen LogP contribution in [0.25, 0.3) is 10.9 Å². The molecule has 0 spiro atoms. The van der Waals surface area contributed by atoms with E-state index in [-0.39, 0.29) is 10.9 Å². The predicted molar refractivity (Wildman–Crippen MR) is 81.6 cm³/mol. The van der Waals surface area contributed by atoms with Gasteiger partial charge in [-0.1, -0.05) is 24.3 Å². The first kappa shape index (κ1) is 12.9. The van der Waals surface area contributed by atoms with E-state index in [1.807, 2.05) is 36.0 Å². The number of rotatable bonds is 3. The lowest BCUT2D eigenvalue weighted by Crippen LogP contribution is -2.35. The number of aliphatic hydroxyl groups is 1. The van der Waals surface area contributed by atoms with Crippen molar-refractivity contribution in [1.29, 1.82) is 0 Å². The van der Waals surface area contributed by atoms with Gasteiger partial charge in [-0.05, 0) is 37.7 Å². The summed E-state index contributed by atoms with van der Waals surface area (Å²) in [5.41, 5.74) is 2.00. The molecule has 2 atom stereocenters. The van der Waals surface area contributed by atoms with Crippen LogP contribution in [0, 0.1) is 0 Å². The van der Waals surface area contributed by atoms with Gasteiger partial charge < -0.3 is 5.11 Å². The molecule has 0 saturated carbocycles. The molecule has 2 nitrogen and oxygen atoms in total. The number of hydrogen-bond acceptors (Lipinski definition) is 3. The minimum atomic E-state index is -0.311. The van der Waals surface area contributed by atoms with E-state index in [2.05, 4.69) is 24.0 Å². The second kappa shape index (κ2) is 5.14. The molecule has 19 heavy (non-hydrogen) atoms. The number of fused-ring (bicyclic) bond motifs is 1. The lowest BCUT2D eigenvalue weighted by atomic mass is 9.95. The number of benzene rings is 1. The van der Waals surface area contributed by atoms with Gasteiger partial charge in [0.2, 0.25) is 0 Å². The molecule has 1 aromatic heterocycles. The van der Waals surface area contributed by atoms with Crippen molar-refractivity contribution in [2.24, 2.45) is 0 Å². The highest BCUT2D eigenvalue weighted by atomic mass is 32.2. The van der Waals surface area contributed by atoms with Crippen molar-refractivity contribution in [3.63, 3.8) is 0 Å². The molecule has 2 heterocycles. The Hall–Kier alpha value is -1.06. The minimum absolute atomic E-state index is 0.00727. The molecule has 0 radical (unpaired) electrons. The van der Waals surface area contributed by atoms with Gasteiger partial charge in [-0.25, -0.2) is 0 Å². The van der Waals surface area contributed by atoms with Crippen molar-refractivity contribution in [2.75, 3.05) is 5.75 Å². The summed E-state index contributed by atoms with van der Waals surface area (Å²) < 4.78 is 0.00727. The average Bonchev–Trinajstić information content (AvgIpc) is 2.87. The molecule has 2 aromatic rings. The standard InChI is InChI=1S/C16H19NOS/c1-16(9-4-10-19-16)15(18)11-13-8-7-12-5-2-3-6-14(12)17-13/h2-3,5-8,15,18H,4,9-11H2,1H3. The molecule has 0 amide bonds. The molecule has 1 fully saturated rings. The van der Waals surface area contributed by atoms with E-state index in [0.29, 0.717) is 6.42 Å². The van der Waals surface area contributed by atoms with E-state index < -0.39 is 0 Å². The van der Waals surface area contributed by atoms with Crippen LogP contribution < -0.4 is 0 Å². The number of aliphatic hydroxyl groups excluding tert-OH is 1. The fourth-order valence-corrected chi connectivity index (χ4v) is 4.02. The molecular formula is C16H19NOS. The van der Waals surface area contributed by atoms with Crippen molar-refractivity contribution in [3.8, 4) is 0 Å². The second-order valence-corrected chi connectivity index (χ2v) is 7.11. The number of para-hydroxylation sites is 1. The molecule has 100 valence electrons. The van der Waals surface area contributed by atoms with Gasteiger partial charge in [-0.2, -0.15) is 11.8 Å². The van der Waals surface area contributed by atoms with Gasteiger partial charge in [0.1, 0.15) is 0 Å². The van der Waals surface area contributed by atoms with E-state index in [1.54, 1.807) is 0 Å². The molecule has 0 aliphatic carbocycles. The van der Waals surface area contributed by atoms with E-state index in [1.165, 1.54) is 12.2 Å². The SMILES string of the molecule is CC1(C(O)Cc2ccc3ccccc3n2)CCCS1. The monoisotopic (exact) mass is 273 g/mol. The molecule has 1 N–H and O–H groups in total. The lowest BCUT2D eigenvalue weighted by Gasteiger charge is -2.28. The van der Waals surface area contributed by atoms with Gasteiger partial charge in [0.05, 0.1) is 11.6 Å². The quantitative estimate of drug-likeness (QED) is 0.930. The Morgan fingerprint density at radius 2 is 2.16 bits per heavy atom. The van der Waals surface area contributed by atoms with Gasteiger partial charge >= 0.3 is 0 Å². The maximum atomic E-state index is 10.5. The number of aromatic nitrogens is 1. The third-order valence-corrected chi connectivity index (χ3v) is 5.64. The predicted octanol–water partition coefficient (Wildman–Crippen LogP) is 3.42. The molecule has 3 rings (SSSR count). The van der Waals surface area contributed by atoms with Crippen molar-refractivity contribution in [2.45, 2.75) is 37.0 Å². The molecule has 1 aliphatic rings. The fourth-order valence-electron chi connectivity index (χ4n) is 2.70. The maximum Gasteiger partial charge on any atom is 0.0739 e. The van der Waals surface area contributed by atoms with Crippen LogP contribution in [0.15, 0.2) is 36.4 Å². The van der Waals surface area contributed by atoms with Gasteiger partial charge in [0.15, 0.2) is 0 Å². The van der Waals surface area contributed by atoms with Crippen LogP contribution in [0.4, 0.5) is 0 Å². The van der Waals surface area contributed by atoms with Crippen LogP contribution >= 0.6 is 11.8 Å². The van der Waals surface area contributed by atoms with Gasteiger partial charge in [-0.15, -0.1) is 0 Å². The molecular weight excluding hydrogens is 254 g/mol. The van der Waals surface area contributed by atoms with E-state index in [9.17, 15) is 5.11 Å². The number of hydrogen-bond donors (Lipinski definition) is 1. The normalized spacial score (nSPS) is 24.7. The Morgan fingerprint density at radius 1 is 1.32 bits per heavy atom. The molecule has 2 unspecified atom stereocenters. The summed E-state index contributed by atoms with van der Waals surface area (Å²) in [7, 11) is 0. The topological polar surface area (TPSA) is 33.1 Å². The van der Waals surface area contributed by atoms with Crippen LogP contribution in [-0.4, -0.2) is 26.7 Å². The van der Waals surface area contributed by atoms with Crippen LogP contribution in [0.3, 0.4) is 0 Å². The van der Waals surface area contributed by atoms with E-state index in [0.717, 1.165) is 23.0 Å². The molecule has 1 aliphatic heterocycles. The van der Waals surface area contributed by atoms with Gasteiger partial charge in [-0.3, -0.25) is 4.98 Å². The Labute approximate surface area is 118 Å². The summed E-state index contributed by atoms with van der Waals surface area (Å²) in [6.07, 6.45) is 2.65. The van der Waals surface area contributed by atoms with Gasteiger partial charge in [0.25, 0.3) is 0 Å². The Kier molecular flexibility index (Phi) is 3.50. The second-order valence-electron chi connectivity index (χ2n) is 5.48. The van der Waals surface area contributed by atoms with Crippen molar-refractivity contribution < 1.29 is 5.11 Å². The summed E-state index contributed by atoms with van der Waals surface area (Å²) in [5.74, 6) is 1.17. The van der Waals surface area contributed by atoms with E-state index in [4.69, 9.17) is 0 Å². The highest BCUT2D eigenvalue weighted by Crippen LogP contribution is 2.41. The van der Waals surface area contributed by atoms with E-state index >= 15 is 0 Å². The van der Waals surface area contributed by atoms with Crippen LogP contribution in [0.1, 0.15) is 25.5 Å². The zero-order chi connectivity index (χ0) is 13.3. The summed E-state index contributed by atoms with van der Waals surface area (Å²) in [5, 5.41) is 11.6. The van der Waals surface area contributed by atoms with Gasteiger partial charge in [0, 0.05) is 22.2 Å². The first-order chi connectivity index (χ1) is 9.17. The number of pyridine rings is 1. The fraction of sp³-hybridized carbons (Fsp3) is 0.438. The van der Waals surface area contributed by atoms with Crippen molar-refractivity contribution in [1.82, 2.24) is 4.98 Å². The third kappa shape index (κ3) is 2.63. The Bertz CT molecular complexity index is 578. The Balaban J connectivity index is 1.81. The first-order valence-electron chi connectivity index (χ1n) is 6.84. The molecule has 3 heteroatoms. The van der Waals surface area contributed by atoms with Crippen molar-refractivity contribution >= 4 is 22.7 Å². The number of nitrogens with zero attached hydrogens (tertiary/aromatic N) is 1. The Morgan fingerprint density at radius 3 is 2.95 bits per heavy atom. The molecule has 0 bridgehead atoms. The minimum Gasteiger partial charge on any atom is -0.391 e. The summed E-state index contributed by atoms with van der Waals surface area (Å²) in [6.45, 7) is 2.18. The van der Waals surface area contributed by atoms with Crippen LogP contribution in [0.5, 0.6) is 0 Å². The summed E-state index contributed by atoms with van der Waals surface area (Å²) in [6, 6.07) is 12.2. The summed E-state index contributed by atoms with van der Waals surface area (Å²) in [4.78, 5) is 4.65. The summed E-state index contributed by atoms with van der Waals surface area (Å²) >= 11 is 1.90. The highest BCUT2D eigenvalue weighted by molar-refractivity contribution is 8.00.